The first-order valence-electron chi connectivity index (χ1n) is 4.84. The van der Waals surface area contributed by atoms with Crippen LogP contribution in [0.4, 0.5) is 0 Å². The molecule has 0 aromatic carbocycles. The zero-order valence-corrected chi connectivity index (χ0v) is 8.82. The zero-order chi connectivity index (χ0) is 10.8. The Kier molecular flexibility index (Phi) is 3.47. The van der Waals surface area contributed by atoms with Crippen LogP contribution >= 0.6 is 0 Å². The van der Waals surface area contributed by atoms with Crippen LogP contribution in [0.2, 0.25) is 0 Å². The van der Waals surface area contributed by atoms with Crippen molar-refractivity contribution >= 4 is 5.91 Å². The van der Waals surface area contributed by atoms with E-state index in [0.29, 0.717) is 25.8 Å². The molecule has 5 heteroatoms. The zero-order valence-electron chi connectivity index (χ0n) is 8.82. The minimum atomic E-state index is -0.953. The Labute approximate surface area is 84.4 Å². The minimum Gasteiger partial charge on any atom is -0.379 e. The predicted molar refractivity (Wildman–Crippen MR) is 53.6 cm³/mol. The van der Waals surface area contributed by atoms with Crippen molar-refractivity contribution in [2.75, 3.05) is 26.3 Å². The van der Waals surface area contributed by atoms with Crippen LogP contribution in [0, 0.1) is 0 Å². The molecule has 0 radical (unpaired) electrons. The van der Waals surface area contributed by atoms with E-state index in [0.717, 1.165) is 6.54 Å². The lowest BCUT2D eigenvalue weighted by Gasteiger charge is -2.37. The number of carbonyl (C=O) groups is 1. The third kappa shape index (κ3) is 2.67. The molecule has 2 atom stereocenters. The standard InChI is InChI=1S/C9H19N3O2/c1-7-5-14-4-3-12(7)6-9(2,11)8(10)13/h7H,3-6,11H2,1-2H3,(H2,10,13). The number of hydrogen-bond acceptors (Lipinski definition) is 4. The fourth-order valence-electron chi connectivity index (χ4n) is 1.50. The number of hydrogen-bond donors (Lipinski definition) is 2. The Hall–Kier alpha value is -0.650. The van der Waals surface area contributed by atoms with Gasteiger partial charge in [-0.25, -0.2) is 0 Å². The van der Waals surface area contributed by atoms with E-state index < -0.39 is 11.4 Å². The molecule has 14 heavy (non-hydrogen) atoms. The van der Waals surface area contributed by atoms with Crippen LogP contribution in [-0.2, 0) is 9.53 Å². The van der Waals surface area contributed by atoms with Crippen LogP contribution in [0.15, 0.2) is 0 Å². The third-order valence-corrected chi connectivity index (χ3v) is 2.60. The summed E-state index contributed by atoms with van der Waals surface area (Å²) in [6, 6.07) is 0.297. The molecule has 0 saturated carbocycles. The van der Waals surface area contributed by atoms with Gasteiger partial charge in [0, 0.05) is 19.1 Å². The topological polar surface area (TPSA) is 81.6 Å². The number of nitrogens with two attached hydrogens (primary N) is 2. The van der Waals surface area contributed by atoms with Crippen LogP contribution in [0.3, 0.4) is 0 Å². The lowest BCUT2D eigenvalue weighted by Crippen LogP contribution is -2.60. The SMILES string of the molecule is CC1COCCN1CC(C)(N)C(N)=O. The van der Waals surface area contributed by atoms with E-state index in [1.807, 2.05) is 0 Å². The minimum absolute atomic E-state index is 0.297. The first-order valence-corrected chi connectivity index (χ1v) is 4.84. The van der Waals surface area contributed by atoms with Crippen LogP contribution in [0.1, 0.15) is 13.8 Å². The second kappa shape index (κ2) is 4.25. The average molecular weight is 201 g/mol. The summed E-state index contributed by atoms with van der Waals surface area (Å²) < 4.78 is 5.29. The maximum atomic E-state index is 11.0. The molecule has 1 heterocycles. The Morgan fingerprint density at radius 3 is 2.86 bits per heavy atom. The van der Waals surface area contributed by atoms with Crippen molar-refractivity contribution in [3.63, 3.8) is 0 Å². The Balaban J connectivity index is 2.53. The molecule has 1 aliphatic heterocycles. The molecule has 0 aliphatic carbocycles. The van der Waals surface area contributed by atoms with E-state index in [4.69, 9.17) is 16.2 Å². The predicted octanol–water partition coefficient (Wildman–Crippen LogP) is -1.09. The second-order valence-electron chi connectivity index (χ2n) is 4.18. The van der Waals surface area contributed by atoms with Crippen molar-refractivity contribution in [2.24, 2.45) is 11.5 Å². The van der Waals surface area contributed by atoms with Gasteiger partial charge in [0.25, 0.3) is 0 Å². The van der Waals surface area contributed by atoms with Crippen LogP contribution in [0.5, 0.6) is 0 Å². The van der Waals surface area contributed by atoms with Crippen LogP contribution in [-0.4, -0.2) is 48.7 Å². The molecule has 0 aromatic heterocycles. The maximum Gasteiger partial charge on any atom is 0.238 e. The number of carbonyl (C=O) groups excluding carboxylic acids is 1. The molecule has 0 aromatic rings. The molecule has 0 bridgehead atoms. The number of morpholine rings is 1. The number of rotatable bonds is 3. The van der Waals surface area contributed by atoms with Gasteiger partial charge in [-0.1, -0.05) is 0 Å². The van der Waals surface area contributed by atoms with Gasteiger partial charge >= 0.3 is 0 Å². The highest BCUT2D eigenvalue weighted by molar-refractivity contribution is 5.84. The first kappa shape index (κ1) is 11.4. The smallest absolute Gasteiger partial charge is 0.238 e. The lowest BCUT2D eigenvalue weighted by molar-refractivity contribution is -0.124. The molecule has 1 amide bonds. The summed E-state index contributed by atoms with van der Waals surface area (Å²) in [5.41, 5.74) is 10.1. The summed E-state index contributed by atoms with van der Waals surface area (Å²) in [6.07, 6.45) is 0. The van der Waals surface area contributed by atoms with Crippen LogP contribution < -0.4 is 11.5 Å². The number of amides is 1. The highest BCUT2D eigenvalue weighted by Gasteiger charge is 2.31. The molecule has 82 valence electrons. The van der Waals surface area contributed by atoms with Crippen molar-refractivity contribution in [3.8, 4) is 0 Å². The van der Waals surface area contributed by atoms with Gasteiger partial charge < -0.3 is 16.2 Å². The number of ether oxygens (including phenoxy) is 1. The van der Waals surface area contributed by atoms with E-state index in [9.17, 15) is 4.79 Å². The van der Waals surface area contributed by atoms with Crippen molar-refractivity contribution in [3.05, 3.63) is 0 Å². The molecular weight excluding hydrogens is 182 g/mol. The highest BCUT2D eigenvalue weighted by Crippen LogP contribution is 2.10. The van der Waals surface area contributed by atoms with Crippen molar-refractivity contribution < 1.29 is 9.53 Å². The van der Waals surface area contributed by atoms with Crippen molar-refractivity contribution in [1.29, 1.82) is 0 Å². The third-order valence-electron chi connectivity index (χ3n) is 2.60. The van der Waals surface area contributed by atoms with E-state index in [1.165, 1.54) is 0 Å². The van der Waals surface area contributed by atoms with E-state index >= 15 is 0 Å². The van der Waals surface area contributed by atoms with E-state index in [-0.39, 0.29) is 0 Å². The summed E-state index contributed by atoms with van der Waals surface area (Å²) in [6.45, 7) is 6.40. The summed E-state index contributed by atoms with van der Waals surface area (Å²) in [4.78, 5) is 13.2. The number of nitrogens with zero attached hydrogens (tertiary/aromatic N) is 1. The molecule has 5 nitrogen and oxygen atoms in total. The lowest BCUT2D eigenvalue weighted by atomic mass is 10.0. The fraction of sp³-hybridized carbons (Fsp3) is 0.889. The Morgan fingerprint density at radius 1 is 1.71 bits per heavy atom. The first-order chi connectivity index (χ1) is 6.43. The largest absolute Gasteiger partial charge is 0.379 e. The van der Waals surface area contributed by atoms with Crippen molar-refractivity contribution in [2.45, 2.75) is 25.4 Å². The van der Waals surface area contributed by atoms with E-state index in [2.05, 4.69) is 11.8 Å². The van der Waals surface area contributed by atoms with Gasteiger partial charge in [-0.15, -0.1) is 0 Å². The van der Waals surface area contributed by atoms with Gasteiger partial charge in [-0.3, -0.25) is 9.69 Å². The van der Waals surface area contributed by atoms with Gasteiger partial charge in [-0.2, -0.15) is 0 Å². The average Bonchev–Trinajstić information content (AvgIpc) is 2.08. The van der Waals surface area contributed by atoms with E-state index in [1.54, 1.807) is 6.92 Å². The summed E-state index contributed by atoms with van der Waals surface area (Å²) >= 11 is 0. The van der Waals surface area contributed by atoms with Gasteiger partial charge in [0.2, 0.25) is 5.91 Å². The molecule has 1 fully saturated rings. The second-order valence-corrected chi connectivity index (χ2v) is 4.18. The van der Waals surface area contributed by atoms with Gasteiger partial charge in [0.15, 0.2) is 0 Å². The monoisotopic (exact) mass is 201 g/mol. The van der Waals surface area contributed by atoms with Gasteiger partial charge in [-0.05, 0) is 13.8 Å². The maximum absolute atomic E-state index is 11.0. The molecule has 0 spiro atoms. The molecule has 4 N–H and O–H groups in total. The summed E-state index contributed by atoms with van der Waals surface area (Å²) in [7, 11) is 0. The van der Waals surface area contributed by atoms with Gasteiger partial charge in [0.1, 0.15) is 5.54 Å². The molecule has 1 aliphatic rings. The van der Waals surface area contributed by atoms with Gasteiger partial charge in [0.05, 0.1) is 13.2 Å². The molecular formula is C9H19N3O2. The summed E-state index contributed by atoms with van der Waals surface area (Å²) in [5.74, 6) is -0.462. The Morgan fingerprint density at radius 2 is 2.36 bits per heavy atom. The highest BCUT2D eigenvalue weighted by atomic mass is 16.5. The normalized spacial score (nSPS) is 28.4. The Bertz CT molecular complexity index is 218. The number of primary amides is 1. The summed E-state index contributed by atoms with van der Waals surface area (Å²) in [5, 5.41) is 0. The molecule has 2 unspecified atom stereocenters. The molecule has 1 rings (SSSR count). The fourth-order valence-corrected chi connectivity index (χ4v) is 1.50. The molecule has 1 saturated heterocycles. The quantitative estimate of drug-likeness (QED) is 0.608. The van der Waals surface area contributed by atoms with Crippen LogP contribution in [0.25, 0.3) is 0 Å². The van der Waals surface area contributed by atoms with Crippen molar-refractivity contribution in [1.82, 2.24) is 4.90 Å².